The first-order valence-electron chi connectivity index (χ1n) is 5.96. The first-order chi connectivity index (χ1) is 9.20. The number of aliphatic hydroxyl groups is 3. The Morgan fingerprint density at radius 1 is 1.30 bits per heavy atom. The molecule has 0 heterocycles. The van der Waals surface area contributed by atoms with Gasteiger partial charge in [0.25, 0.3) is 0 Å². The van der Waals surface area contributed by atoms with E-state index in [4.69, 9.17) is 15.9 Å². The van der Waals surface area contributed by atoms with E-state index in [0.29, 0.717) is 6.29 Å². The molecular weight excluding hydrogens is 272 g/mol. The maximum atomic E-state index is 11.6. The zero-order valence-corrected chi connectivity index (χ0v) is 11.0. The highest BCUT2D eigenvalue weighted by Crippen LogP contribution is 2.05. The maximum absolute atomic E-state index is 11.6. The maximum Gasteiger partial charge on any atom is 0.335 e. The van der Waals surface area contributed by atoms with Crippen LogP contribution in [0.2, 0.25) is 0 Å². The number of nitrogens with one attached hydrogen (secondary N) is 1. The van der Waals surface area contributed by atoms with Gasteiger partial charge in [0.05, 0.1) is 6.04 Å². The van der Waals surface area contributed by atoms with Crippen molar-refractivity contribution in [1.29, 1.82) is 0 Å². The van der Waals surface area contributed by atoms with Crippen molar-refractivity contribution in [2.24, 2.45) is 11.7 Å². The Labute approximate surface area is 115 Å². The lowest BCUT2D eigenvalue weighted by atomic mass is 10.0. The molecule has 0 aliphatic heterocycles. The van der Waals surface area contributed by atoms with Crippen LogP contribution in [0.4, 0.5) is 0 Å². The number of carbonyl (C=O) groups excluding carboxylic acids is 2. The van der Waals surface area contributed by atoms with Crippen LogP contribution in [0, 0.1) is 5.92 Å². The van der Waals surface area contributed by atoms with Crippen molar-refractivity contribution < 1.29 is 34.8 Å². The number of hydrogen-bond donors (Lipinski definition) is 6. The summed E-state index contributed by atoms with van der Waals surface area (Å²) in [6, 6.07) is -0.778. The smallest absolute Gasteiger partial charge is 0.335 e. The van der Waals surface area contributed by atoms with E-state index in [9.17, 15) is 24.6 Å². The van der Waals surface area contributed by atoms with Crippen LogP contribution in [0.25, 0.3) is 0 Å². The van der Waals surface area contributed by atoms with Crippen LogP contribution in [0.1, 0.15) is 13.3 Å². The van der Waals surface area contributed by atoms with E-state index in [-0.39, 0.29) is 6.42 Å². The second-order valence-electron chi connectivity index (χ2n) is 4.52. The number of amides is 1. The van der Waals surface area contributed by atoms with Crippen molar-refractivity contribution in [2.45, 2.75) is 37.7 Å². The summed E-state index contributed by atoms with van der Waals surface area (Å²) in [4.78, 5) is 32.3. The normalized spacial score (nSPS) is 18.4. The molecule has 116 valence electrons. The first-order valence-corrected chi connectivity index (χ1v) is 5.96. The van der Waals surface area contributed by atoms with Crippen molar-refractivity contribution in [3.05, 3.63) is 0 Å². The summed E-state index contributed by atoms with van der Waals surface area (Å²) in [6.07, 6.45) is -5.10. The van der Waals surface area contributed by atoms with E-state index >= 15 is 0 Å². The second kappa shape index (κ2) is 8.59. The fourth-order valence-corrected chi connectivity index (χ4v) is 1.43. The van der Waals surface area contributed by atoms with E-state index in [1.165, 1.54) is 6.92 Å². The monoisotopic (exact) mass is 292 g/mol. The molecule has 1 amide bonds. The zero-order valence-electron chi connectivity index (χ0n) is 11.0. The molecule has 0 aliphatic carbocycles. The SMILES string of the molecule is CC(C[C@H](N)C=O)C(=O)NC[C@H](O)[C@@H](O)[C@@H](O)C(=O)O. The highest BCUT2D eigenvalue weighted by molar-refractivity contribution is 5.79. The molecule has 0 bridgehead atoms. The second-order valence-corrected chi connectivity index (χ2v) is 4.52. The molecule has 0 rings (SSSR count). The van der Waals surface area contributed by atoms with E-state index in [0.717, 1.165) is 0 Å². The van der Waals surface area contributed by atoms with Gasteiger partial charge < -0.3 is 36.3 Å². The number of aliphatic carboxylic acids is 1. The van der Waals surface area contributed by atoms with Crippen LogP contribution in [-0.4, -0.2) is 69.5 Å². The van der Waals surface area contributed by atoms with Crippen molar-refractivity contribution in [3.63, 3.8) is 0 Å². The fourth-order valence-electron chi connectivity index (χ4n) is 1.43. The molecule has 9 heteroatoms. The molecule has 7 N–H and O–H groups in total. The lowest BCUT2D eigenvalue weighted by molar-refractivity contribution is -0.157. The third kappa shape index (κ3) is 6.06. The van der Waals surface area contributed by atoms with Gasteiger partial charge in [-0.1, -0.05) is 6.92 Å². The Balaban J connectivity index is 4.23. The van der Waals surface area contributed by atoms with Gasteiger partial charge in [-0.2, -0.15) is 0 Å². The summed E-state index contributed by atoms with van der Waals surface area (Å²) in [5.41, 5.74) is 5.35. The number of hydrogen-bond acceptors (Lipinski definition) is 7. The lowest BCUT2D eigenvalue weighted by Gasteiger charge is -2.21. The molecule has 5 atom stereocenters. The van der Waals surface area contributed by atoms with Gasteiger partial charge in [0.15, 0.2) is 6.10 Å². The first kappa shape index (κ1) is 18.4. The third-order valence-electron chi connectivity index (χ3n) is 2.70. The lowest BCUT2D eigenvalue weighted by Crippen LogP contribution is -2.48. The van der Waals surface area contributed by atoms with Crippen molar-refractivity contribution in [3.8, 4) is 0 Å². The quantitative estimate of drug-likeness (QED) is 0.241. The molecule has 0 saturated heterocycles. The van der Waals surface area contributed by atoms with Gasteiger partial charge in [-0.25, -0.2) is 4.79 Å². The number of nitrogens with two attached hydrogens (primary N) is 1. The Kier molecular flexibility index (Phi) is 7.92. The Morgan fingerprint density at radius 2 is 1.85 bits per heavy atom. The Morgan fingerprint density at radius 3 is 2.30 bits per heavy atom. The molecular formula is C11H20N2O7. The minimum absolute atomic E-state index is 0.117. The van der Waals surface area contributed by atoms with Crippen LogP contribution >= 0.6 is 0 Å². The molecule has 0 saturated carbocycles. The molecule has 0 spiro atoms. The zero-order chi connectivity index (χ0) is 15.9. The molecule has 20 heavy (non-hydrogen) atoms. The fraction of sp³-hybridized carbons (Fsp3) is 0.727. The summed E-state index contributed by atoms with van der Waals surface area (Å²) >= 11 is 0. The van der Waals surface area contributed by atoms with Gasteiger partial charge in [0, 0.05) is 12.5 Å². The highest BCUT2D eigenvalue weighted by atomic mass is 16.4. The third-order valence-corrected chi connectivity index (χ3v) is 2.70. The number of aldehydes is 1. The number of rotatable bonds is 9. The standard InChI is InChI=1S/C11H20N2O7/c1-5(2-6(12)4-14)10(18)13-3-7(15)8(16)9(17)11(19)20/h4-9,15-17H,2-3,12H2,1H3,(H,13,18)(H,19,20)/t5?,6-,7-,8+,9+/m0/s1. The molecule has 0 radical (unpaired) electrons. The minimum Gasteiger partial charge on any atom is -0.479 e. The van der Waals surface area contributed by atoms with Gasteiger partial charge in [-0.15, -0.1) is 0 Å². The molecule has 0 fully saturated rings. The average molecular weight is 292 g/mol. The van der Waals surface area contributed by atoms with Crippen LogP contribution in [0.3, 0.4) is 0 Å². The highest BCUT2D eigenvalue weighted by Gasteiger charge is 2.30. The van der Waals surface area contributed by atoms with E-state index in [2.05, 4.69) is 5.32 Å². The summed E-state index contributed by atoms with van der Waals surface area (Å²) in [6.45, 7) is 1.08. The van der Waals surface area contributed by atoms with Gasteiger partial charge in [-0.05, 0) is 6.42 Å². The van der Waals surface area contributed by atoms with Crippen molar-refractivity contribution in [2.75, 3.05) is 6.54 Å². The summed E-state index contributed by atoms with van der Waals surface area (Å²) in [5.74, 6) is -2.80. The average Bonchev–Trinajstić information content (AvgIpc) is 2.41. The number of aliphatic hydroxyl groups excluding tert-OH is 3. The van der Waals surface area contributed by atoms with Gasteiger partial charge >= 0.3 is 5.97 Å². The molecule has 0 aliphatic rings. The van der Waals surface area contributed by atoms with Crippen LogP contribution in [0.15, 0.2) is 0 Å². The molecule has 0 aromatic heterocycles. The Bertz CT molecular complexity index is 350. The molecule has 1 unspecified atom stereocenters. The van der Waals surface area contributed by atoms with Crippen molar-refractivity contribution in [1.82, 2.24) is 5.32 Å². The van der Waals surface area contributed by atoms with Crippen LogP contribution in [0.5, 0.6) is 0 Å². The summed E-state index contributed by atoms with van der Waals surface area (Å²) < 4.78 is 0. The predicted molar refractivity (Wildman–Crippen MR) is 66.5 cm³/mol. The van der Waals surface area contributed by atoms with Crippen LogP contribution in [-0.2, 0) is 14.4 Å². The van der Waals surface area contributed by atoms with Gasteiger partial charge in [0.2, 0.25) is 5.91 Å². The van der Waals surface area contributed by atoms with E-state index in [1.54, 1.807) is 0 Å². The Hall–Kier alpha value is -1.55. The number of carboxylic acid groups (broad SMARTS) is 1. The predicted octanol–water partition coefficient (Wildman–Crippen LogP) is -3.18. The topological polar surface area (TPSA) is 170 Å². The molecule has 0 aromatic rings. The molecule has 9 nitrogen and oxygen atoms in total. The largest absolute Gasteiger partial charge is 0.479 e. The van der Waals surface area contributed by atoms with E-state index in [1.807, 2.05) is 0 Å². The summed E-state index contributed by atoms with van der Waals surface area (Å²) in [5, 5.41) is 38.4. The van der Waals surface area contributed by atoms with Crippen molar-refractivity contribution >= 4 is 18.2 Å². The van der Waals surface area contributed by atoms with Gasteiger partial charge in [0.1, 0.15) is 18.5 Å². The van der Waals surface area contributed by atoms with E-state index < -0.39 is 48.7 Å². The minimum atomic E-state index is -2.15. The number of carbonyl (C=O) groups is 3. The number of carboxylic acids is 1. The summed E-state index contributed by atoms with van der Waals surface area (Å²) in [7, 11) is 0. The van der Waals surface area contributed by atoms with Crippen LogP contribution < -0.4 is 11.1 Å². The molecule has 0 aromatic carbocycles. The van der Waals surface area contributed by atoms with Gasteiger partial charge in [-0.3, -0.25) is 4.79 Å².